The molecule has 0 aromatic carbocycles. The largest absolute Gasteiger partial charge is 0.402 e. The Balaban J connectivity index is 2.71. The Morgan fingerprint density at radius 1 is 1.92 bits per heavy atom. The van der Waals surface area contributed by atoms with Gasteiger partial charge in [0.15, 0.2) is 5.76 Å². The summed E-state index contributed by atoms with van der Waals surface area (Å²) in [6.45, 7) is 1.91. The second-order valence-electron chi connectivity index (χ2n) is 2.42. The molecule has 1 N–H and O–H groups in total. The van der Waals surface area contributed by atoms with Gasteiger partial charge in [-0.15, -0.1) is 5.48 Å². The molecular weight excluding hydrogens is 198 g/mol. The highest BCUT2D eigenvalue weighted by Gasteiger charge is 2.32. The maximum atomic E-state index is 11.1. The van der Waals surface area contributed by atoms with Gasteiger partial charge in [0.2, 0.25) is 0 Å². The zero-order chi connectivity index (χ0) is 9.19. The van der Waals surface area contributed by atoms with Crippen molar-refractivity contribution in [1.82, 2.24) is 5.48 Å². The van der Waals surface area contributed by atoms with E-state index in [2.05, 4.69) is 5.48 Å². The lowest BCUT2D eigenvalue weighted by molar-refractivity contribution is -0.111. The van der Waals surface area contributed by atoms with E-state index in [1.165, 1.54) is 0 Å². The number of hydroxylamine groups is 1. The smallest absolute Gasteiger partial charge is 0.256 e. The molecule has 68 valence electrons. The normalized spacial score (nSPS) is 28.1. The summed E-state index contributed by atoms with van der Waals surface area (Å²) in [4.78, 5) is 15.3. The van der Waals surface area contributed by atoms with E-state index in [9.17, 15) is 4.79 Å². The highest BCUT2D eigenvalue weighted by atomic mass is 35.5. The van der Waals surface area contributed by atoms with Crippen LogP contribution in [0.4, 0.5) is 0 Å². The Labute approximate surface area is 80.4 Å². The first kappa shape index (κ1) is 9.89. The highest BCUT2D eigenvalue weighted by molar-refractivity contribution is 8.13. The Bertz CT molecular complexity index is 231. The summed E-state index contributed by atoms with van der Waals surface area (Å²) in [6, 6.07) is 0. The minimum atomic E-state index is -0.708. The van der Waals surface area contributed by atoms with Gasteiger partial charge < -0.3 is 4.84 Å². The second kappa shape index (κ2) is 3.68. The fraction of sp³-hybridized carbons (Fsp3) is 0.571. The van der Waals surface area contributed by atoms with E-state index >= 15 is 0 Å². The van der Waals surface area contributed by atoms with Gasteiger partial charge in [-0.1, -0.05) is 30.3 Å². The highest BCUT2D eigenvalue weighted by Crippen LogP contribution is 2.27. The molecule has 1 heterocycles. The summed E-state index contributed by atoms with van der Waals surface area (Å²) < 4.78 is 0. The summed E-state index contributed by atoms with van der Waals surface area (Å²) in [5.74, 6) is 0.291. The predicted molar refractivity (Wildman–Crippen MR) is 49.7 cm³/mol. The number of carbonyl (C=O) groups excluding carboxylic acids is 1. The number of alkyl halides is 1. The molecule has 1 rings (SSSR count). The molecule has 0 spiro atoms. The number of hydrogen-bond acceptors (Lipinski definition) is 4. The molecule has 1 aliphatic heterocycles. The van der Waals surface area contributed by atoms with Crippen LogP contribution in [-0.4, -0.2) is 16.4 Å². The minimum Gasteiger partial charge on any atom is -0.402 e. The van der Waals surface area contributed by atoms with E-state index < -0.39 is 5.00 Å². The van der Waals surface area contributed by atoms with Crippen molar-refractivity contribution in [2.75, 3.05) is 6.26 Å². The van der Waals surface area contributed by atoms with Crippen LogP contribution in [-0.2, 0) is 9.63 Å². The van der Waals surface area contributed by atoms with Gasteiger partial charge in [0, 0.05) is 6.08 Å². The van der Waals surface area contributed by atoms with E-state index in [4.69, 9.17) is 16.4 Å². The molecule has 0 aliphatic carbocycles. The minimum absolute atomic E-state index is 0.113. The zero-order valence-electron chi connectivity index (χ0n) is 6.89. The van der Waals surface area contributed by atoms with E-state index in [1.54, 1.807) is 12.3 Å². The van der Waals surface area contributed by atoms with Crippen LogP contribution in [0.5, 0.6) is 0 Å². The Morgan fingerprint density at radius 2 is 2.58 bits per heavy atom. The third kappa shape index (κ3) is 1.94. The summed E-state index contributed by atoms with van der Waals surface area (Å²) in [5, 5.41) is -0.113. The monoisotopic (exact) mass is 207 g/mol. The molecular formula is C7H10ClNO2S. The van der Waals surface area contributed by atoms with Crippen LogP contribution in [0.3, 0.4) is 0 Å². The van der Waals surface area contributed by atoms with Gasteiger partial charge in [-0.3, -0.25) is 4.79 Å². The van der Waals surface area contributed by atoms with Crippen molar-refractivity contribution < 1.29 is 9.63 Å². The lowest BCUT2D eigenvalue weighted by Crippen LogP contribution is -2.31. The van der Waals surface area contributed by atoms with E-state index in [0.29, 0.717) is 12.2 Å². The number of thioether (sulfide) groups is 1. The Hall–Kier alpha value is -0.190. The number of rotatable bonds is 2. The van der Waals surface area contributed by atoms with E-state index in [1.807, 2.05) is 6.92 Å². The van der Waals surface area contributed by atoms with Crippen LogP contribution in [0.15, 0.2) is 11.8 Å². The first-order valence-corrected chi connectivity index (χ1v) is 5.15. The van der Waals surface area contributed by atoms with Crippen molar-refractivity contribution in [1.29, 1.82) is 0 Å². The topological polar surface area (TPSA) is 38.3 Å². The average Bonchev–Trinajstić information content (AvgIpc) is 2.48. The van der Waals surface area contributed by atoms with Gasteiger partial charge in [-0.25, -0.2) is 0 Å². The predicted octanol–water partition coefficient (Wildman–Crippen LogP) is 1.64. The second-order valence-corrected chi connectivity index (χ2v) is 3.87. The van der Waals surface area contributed by atoms with Crippen LogP contribution >= 0.6 is 23.4 Å². The first-order valence-electron chi connectivity index (χ1n) is 3.55. The summed E-state index contributed by atoms with van der Waals surface area (Å²) >= 11 is 7.08. The lowest BCUT2D eigenvalue weighted by atomic mass is 10.2. The average molecular weight is 208 g/mol. The molecule has 12 heavy (non-hydrogen) atoms. The fourth-order valence-corrected chi connectivity index (χ4v) is 1.22. The SMILES string of the molecule is CCC1(Cl)C=C(C(=O)SC)ON1. The molecule has 0 saturated carbocycles. The lowest BCUT2D eigenvalue weighted by Gasteiger charge is -2.13. The summed E-state index contributed by atoms with van der Waals surface area (Å²) in [7, 11) is 0. The summed E-state index contributed by atoms with van der Waals surface area (Å²) in [5.41, 5.74) is 2.59. The molecule has 3 nitrogen and oxygen atoms in total. The molecule has 0 bridgehead atoms. The van der Waals surface area contributed by atoms with Crippen LogP contribution in [0.2, 0.25) is 0 Å². The van der Waals surface area contributed by atoms with Crippen molar-refractivity contribution >= 4 is 28.5 Å². The standard InChI is InChI=1S/C7H10ClNO2S/c1-3-7(8)4-5(11-9-7)6(10)12-2/h4,9H,3H2,1-2H3. The van der Waals surface area contributed by atoms with Gasteiger partial charge in [-0.2, -0.15) is 0 Å². The molecule has 0 aromatic heterocycles. The van der Waals surface area contributed by atoms with Gasteiger partial charge >= 0.3 is 0 Å². The van der Waals surface area contributed by atoms with E-state index in [-0.39, 0.29) is 5.12 Å². The van der Waals surface area contributed by atoms with Crippen molar-refractivity contribution in [3.8, 4) is 0 Å². The van der Waals surface area contributed by atoms with Gasteiger partial charge in [0.1, 0.15) is 5.00 Å². The van der Waals surface area contributed by atoms with Gasteiger partial charge in [0.05, 0.1) is 0 Å². The third-order valence-electron chi connectivity index (χ3n) is 1.59. The Morgan fingerprint density at radius 3 is 3.00 bits per heavy atom. The molecule has 0 aromatic rings. The van der Waals surface area contributed by atoms with Crippen LogP contribution in [0.25, 0.3) is 0 Å². The van der Waals surface area contributed by atoms with Crippen LogP contribution in [0.1, 0.15) is 13.3 Å². The number of carbonyl (C=O) groups is 1. The Kier molecular flexibility index (Phi) is 3.04. The third-order valence-corrected chi connectivity index (χ3v) is 2.62. The van der Waals surface area contributed by atoms with Crippen LogP contribution in [0, 0.1) is 0 Å². The van der Waals surface area contributed by atoms with Crippen LogP contribution < -0.4 is 5.48 Å². The summed E-state index contributed by atoms with van der Waals surface area (Å²) in [6.07, 6.45) is 3.97. The number of halogens is 1. The molecule has 0 saturated heterocycles. The number of hydrogen-bond donors (Lipinski definition) is 1. The molecule has 1 aliphatic rings. The number of nitrogens with one attached hydrogen (secondary N) is 1. The van der Waals surface area contributed by atoms with Crippen molar-refractivity contribution in [3.63, 3.8) is 0 Å². The van der Waals surface area contributed by atoms with Gasteiger partial charge in [0.25, 0.3) is 5.12 Å². The molecule has 1 atom stereocenters. The fourth-order valence-electron chi connectivity index (χ4n) is 0.782. The van der Waals surface area contributed by atoms with E-state index in [0.717, 1.165) is 11.8 Å². The molecule has 5 heteroatoms. The zero-order valence-corrected chi connectivity index (χ0v) is 8.46. The van der Waals surface area contributed by atoms with Crippen molar-refractivity contribution in [3.05, 3.63) is 11.8 Å². The van der Waals surface area contributed by atoms with Crippen molar-refractivity contribution in [2.45, 2.75) is 18.3 Å². The maximum Gasteiger partial charge on any atom is 0.256 e. The molecule has 0 fully saturated rings. The quantitative estimate of drug-likeness (QED) is 0.552. The first-order chi connectivity index (χ1) is 5.61. The maximum absolute atomic E-state index is 11.1. The van der Waals surface area contributed by atoms with Crippen molar-refractivity contribution in [2.24, 2.45) is 0 Å². The molecule has 0 amide bonds. The molecule has 1 unspecified atom stereocenters. The molecule has 0 radical (unpaired) electrons. The van der Waals surface area contributed by atoms with Gasteiger partial charge in [-0.05, 0) is 12.7 Å².